The minimum atomic E-state index is -0.478. The van der Waals surface area contributed by atoms with Gasteiger partial charge < -0.3 is 14.5 Å². The van der Waals surface area contributed by atoms with E-state index in [-0.39, 0.29) is 11.6 Å². The maximum absolute atomic E-state index is 13.1. The molecule has 1 heterocycles. The molecule has 1 amide bonds. The molecule has 3 rings (SSSR count). The molecule has 0 atom stereocenters. The zero-order chi connectivity index (χ0) is 19.4. The number of hydrogen-bond acceptors (Lipinski definition) is 5. The molecule has 0 N–H and O–H groups in total. The number of anilines is 1. The Morgan fingerprint density at radius 1 is 1.22 bits per heavy atom. The van der Waals surface area contributed by atoms with Gasteiger partial charge in [0.1, 0.15) is 0 Å². The Morgan fingerprint density at radius 3 is 2.52 bits per heavy atom. The van der Waals surface area contributed by atoms with Gasteiger partial charge in [-0.3, -0.25) is 14.9 Å². The number of carbonyl (C=O) groups is 1. The molecule has 0 bridgehead atoms. The van der Waals surface area contributed by atoms with Crippen molar-refractivity contribution in [2.45, 2.75) is 6.54 Å². The van der Waals surface area contributed by atoms with E-state index < -0.39 is 4.92 Å². The van der Waals surface area contributed by atoms with Gasteiger partial charge in [0, 0.05) is 43.3 Å². The van der Waals surface area contributed by atoms with Crippen LogP contribution < -0.4 is 4.90 Å². The van der Waals surface area contributed by atoms with Crippen molar-refractivity contribution in [3.05, 3.63) is 68.2 Å². The molecule has 1 aliphatic heterocycles. The second-order valence-electron chi connectivity index (χ2n) is 6.35. The topological polar surface area (TPSA) is 75.9 Å². The molecular formula is C19H20BrN3O4. The van der Waals surface area contributed by atoms with E-state index in [0.29, 0.717) is 44.1 Å². The number of benzene rings is 2. The number of nitro groups is 1. The number of rotatable bonds is 5. The normalized spacial score (nSPS) is 14.1. The Balaban J connectivity index is 1.89. The highest BCUT2D eigenvalue weighted by molar-refractivity contribution is 9.10. The Labute approximate surface area is 165 Å². The van der Waals surface area contributed by atoms with Gasteiger partial charge in [-0.1, -0.05) is 28.1 Å². The van der Waals surface area contributed by atoms with Gasteiger partial charge in [0.05, 0.1) is 29.4 Å². The zero-order valence-corrected chi connectivity index (χ0v) is 16.5. The van der Waals surface area contributed by atoms with Crippen molar-refractivity contribution in [2.75, 3.05) is 38.3 Å². The van der Waals surface area contributed by atoms with Crippen LogP contribution in [0.25, 0.3) is 0 Å². The molecule has 0 radical (unpaired) electrons. The van der Waals surface area contributed by atoms with Crippen molar-refractivity contribution in [3.8, 4) is 0 Å². The molecule has 1 aliphatic rings. The summed E-state index contributed by atoms with van der Waals surface area (Å²) in [5.41, 5.74) is 1.93. The van der Waals surface area contributed by atoms with E-state index in [0.717, 1.165) is 10.0 Å². The molecule has 1 saturated heterocycles. The number of halogens is 1. The van der Waals surface area contributed by atoms with Crippen LogP contribution in [0.4, 0.5) is 11.4 Å². The van der Waals surface area contributed by atoms with Crippen LogP contribution in [-0.4, -0.2) is 49.1 Å². The highest BCUT2D eigenvalue weighted by Crippen LogP contribution is 2.28. The molecule has 0 aromatic heterocycles. The summed E-state index contributed by atoms with van der Waals surface area (Å²) < 4.78 is 6.34. The van der Waals surface area contributed by atoms with Gasteiger partial charge in [0.15, 0.2) is 0 Å². The largest absolute Gasteiger partial charge is 0.378 e. The number of ether oxygens (including phenoxy) is 1. The molecule has 2 aromatic rings. The van der Waals surface area contributed by atoms with Crippen LogP contribution in [0.1, 0.15) is 15.9 Å². The second kappa shape index (κ2) is 8.49. The van der Waals surface area contributed by atoms with Crippen molar-refractivity contribution < 1.29 is 14.5 Å². The number of non-ortho nitro benzene ring substituents is 1. The number of morpholine rings is 1. The lowest BCUT2D eigenvalue weighted by Crippen LogP contribution is -2.38. The quantitative estimate of drug-likeness (QED) is 0.532. The first-order valence-electron chi connectivity index (χ1n) is 8.57. The lowest BCUT2D eigenvalue weighted by molar-refractivity contribution is -0.384. The maximum atomic E-state index is 13.1. The summed E-state index contributed by atoms with van der Waals surface area (Å²) in [6.07, 6.45) is 0. The molecule has 0 unspecified atom stereocenters. The van der Waals surface area contributed by atoms with E-state index in [1.165, 1.54) is 12.1 Å². The average Bonchev–Trinajstić information content (AvgIpc) is 2.69. The fraction of sp³-hybridized carbons (Fsp3) is 0.316. The van der Waals surface area contributed by atoms with Crippen LogP contribution in [-0.2, 0) is 11.3 Å². The third kappa shape index (κ3) is 4.64. The lowest BCUT2D eigenvalue weighted by Gasteiger charge is -2.31. The SMILES string of the molecule is CN(Cc1ccc(Br)cc1)C(=O)c1cc([N+](=O)[O-])ccc1N1CCOCC1. The summed E-state index contributed by atoms with van der Waals surface area (Å²) >= 11 is 3.39. The molecule has 27 heavy (non-hydrogen) atoms. The van der Waals surface area contributed by atoms with Crippen LogP contribution in [0.15, 0.2) is 46.9 Å². The highest BCUT2D eigenvalue weighted by atomic mass is 79.9. The number of nitro benzene ring substituents is 1. The molecule has 7 nitrogen and oxygen atoms in total. The molecule has 8 heteroatoms. The predicted molar refractivity (Wildman–Crippen MR) is 106 cm³/mol. The summed E-state index contributed by atoms with van der Waals surface area (Å²) in [5.74, 6) is -0.247. The third-order valence-corrected chi connectivity index (χ3v) is 4.98. The van der Waals surface area contributed by atoms with Crippen LogP contribution in [0.3, 0.4) is 0 Å². The monoisotopic (exact) mass is 433 g/mol. The smallest absolute Gasteiger partial charge is 0.270 e. The van der Waals surface area contributed by atoms with Crippen molar-refractivity contribution in [1.82, 2.24) is 4.90 Å². The van der Waals surface area contributed by atoms with Crippen LogP contribution in [0.2, 0.25) is 0 Å². The Morgan fingerprint density at radius 2 is 1.89 bits per heavy atom. The Hall–Kier alpha value is -2.45. The summed E-state index contributed by atoms with van der Waals surface area (Å²) in [5, 5.41) is 11.2. The van der Waals surface area contributed by atoms with Gasteiger partial charge in [-0.15, -0.1) is 0 Å². The minimum Gasteiger partial charge on any atom is -0.378 e. The van der Waals surface area contributed by atoms with E-state index in [1.54, 1.807) is 18.0 Å². The van der Waals surface area contributed by atoms with Crippen molar-refractivity contribution in [1.29, 1.82) is 0 Å². The summed E-state index contributed by atoms with van der Waals surface area (Å²) in [6, 6.07) is 12.2. The summed E-state index contributed by atoms with van der Waals surface area (Å²) in [6.45, 7) is 2.85. The highest BCUT2D eigenvalue weighted by Gasteiger charge is 2.24. The predicted octanol–water partition coefficient (Wildman–Crippen LogP) is 3.47. The van der Waals surface area contributed by atoms with Crippen LogP contribution in [0, 0.1) is 10.1 Å². The molecule has 142 valence electrons. The fourth-order valence-electron chi connectivity index (χ4n) is 3.03. The number of carbonyl (C=O) groups excluding carboxylic acids is 1. The first kappa shape index (κ1) is 19.3. The first-order chi connectivity index (χ1) is 13.0. The summed E-state index contributed by atoms with van der Waals surface area (Å²) in [4.78, 5) is 27.4. The minimum absolute atomic E-state index is 0.0904. The van der Waals surface area contributed by atoms with Crippen molar-refractivity contribution >= 4 is 33.2 Å². The van der Waals surface area contributed by atoms with E-state index in [1.807, 2.05) is 29.2 Å². The van der Waals surface area contributed by atoms with E-state index in [2.05, 4.69) is 15.9 Å². The van der Waals surface area contributed by atoms with Gasteiger partial charge in [0.25, 0.3) is 11.6 Å². The maximum Gasteiger partial charge on any atom is 0.270 e. The van der Waals surface area contributed by atoms with Gasteiger partial charge in [-0.25, -0.2) is 0 Å². The number of nitrogens with zero attached hydrogens (tertiary/aromatic N) is 3. The van der Waals surface area contributed by atoms with E-state index >= 15 is 0 Å². The van der Waals surface area contributed by atoms with Crippen molar-refractivity contribution in [3.63, 3.8) is 0 Å². The first-order valence-corrected chi connectivity index (χ1v) is 9.36. The third-order valence-electron chi connectivity index (χ3n) is 4.45. The van der Waals surface area contributed by atoms with E-state index in [4.69, 9.17) is 4.74 Å². The Kier molecular flexibility index (Phi) is 6.08. The van der Waals surface area contributed by atoms with Gasteiger partial charge in [-0.2, -0.15) is 0 Å². The van der Waals surface area contributed by atoms with Crippen LogP contribution >= 0.6 is 15.9 Å². The number of hydrogen-bond donors (Lipinski definition) is 0. The average molecular weight is 434 g/mol. The molecule has 2 aromatic carbocycles. The standard InChI is InChI=1S/C19H20BrN3O4/c1-21(13-14-2-4-15(20)5-3-14)19(24)17-12-16(23(25)26)6-7-18(17)22-8-10-27-11-9-22/h2-7,12H,8-11,13H2,1H3. The van der Waals surface area contributed by atoms with Crippen molar-refractivity contribution in [2.24, 2.45) is 0 Å². The van der Waals surface area contributed by atoms with E-state index in [9.17, 15) is 14.9 Å². The zero-order valence-electron chi connectivity index (χ0n) is 14.9. The van der Waals surface area contributed by atoms with Gasteiger partial charge in [0.2, 0.25) is 0 Å². The molecule has 1 fully saturated rings. The second-order valence-corrected chi connectivity index (χ2v) is 7.26. The fourth-order valence-corrected chi connectivity index (χ4v) is 3.29. The molecular weight excluding hydrogens is 414 g/mol. The molecule has 0 saturated carbocycles. The van der Waals surface area contributed by atoms with Gasteiger partial charge in [-0.05, 0) is 23.8 Å². The number of amides is 1. The molecule has 0 aliphatic carbocycles. The van der Waals surface area contributed by atoms with Crippen LogP contribution in [0.5, 0.6) is 0 Å². The lowest BCUT2D eigenvalue weighted by atomic mass is 10.1. The summed E-state index contributed by atoms with van der Waals surface area (Å²) in [7, 11) is 1.70. The Bertz CT molecular complexity index is 835. The van der Waals surface area contributed by atoms with Gasteiger partial charge >= 0.3 is 0 Å². The molecule has 0 spiro atoms.